The summed E-state index contributed by atoms with van der Waals surface area (Å²) in [5.41, 5.74) is 3.68. The van der Waals surface area contributed by atoms with Gasteiger partial charge < -0.3 is 10.1 Å². The molecule has 2 heterocycles. The van der Waals surface area contributed by atoms with Gasteiger partial charge in [-0.1, -0.05) is 49.4 Å². The van der Waals surface area contributed by atoms with Crippen LogP contribution in [-0.2, 0) is 17.8 Å². The zero-order chi connectivity index (χ0) is 23.7. The van der Waals surface area contributed by atoms with Crippen LogP contribution in [0.4, 0.5) is 5.69 Å². The van der Waals surface area contributed by atoms with Crippen molar-refractivity contribution in [1.82, 2.24) is 19.2 Å². The molecule has 0 aliphatic carbocycles. The summed E-state index contributed by atoms with van der Waals surface area (Å²) >= 11 is 0. The van der Waals surface area contributed by atoms with Crippen LogP contribution in [0, 0.1) is 6.92 Å². The summed E-state index contributed by atoms with van der Waals surface area (Å²) in [6.07, 6.45) is 0.860. The van der Waals surface area contributed by atoms with Crippen LogP contribution < -0.4 is 15.7 Å². The Bertz CT molecular complexity index is 1590. The van der Waals surface area contributed by atoms with Crippen molar-refractivity contribution in [3.05, 3.63) is 94.4 Å². The molecule has 1 N–H and O–H groups in total. The molecule has 0 spiro atoms. The maximum Gasteiger partial charge on any atom is 0.351 e. The van der Waals surface area contributed by atoms with Crippen molar-refractivity contribution < 1.29 is 9.53 Å². The minimum absolute atomic E-state index is 0.194. The molecule has 0 fully saturated rings. The molecule has 0 atom stereocenters. The van der Waals surface area contributed by atoms with E-state index in [9.17, 15) is 9.59 Å². The summed E-state index contributed by atoms with van der Waals surface area (Å²) in [5.74, 6) is 0.458. The molecule has 2 aromatic heterocycles. The van der Waals surface area contributed by atoms with Crippen molar-refractivity contribution in [1.29, 1.82) is 0 Å². The van der Waals surface area contributed by atoms with Crippen molar-refractivity contribution in [2.45, 2.75) is 26.8 Å². The minimum atomic E-state index is -0.444. The largest absolute Gasteiger partial charge is 0.436 e. The average molecular weight is 454 g/mol. The van der Waals surface area contributed by atoms with Crippen molar-refractivity contribution in [3.63, 3.8) is 0 Å². The molecule has 170 valence electrons. The number of nitrogens with one attached hydrogen (secondary N) is 1. The molecule has 1 amide bonds. The number of nitrogens with zero attached hydrogens (tertiary/aromatic N) is 4. The number of ether oxygens (including phenoxy) is 1. The number of carbonyl (C=O) groups excluding carboxylic acids is 1. The van der Waals surface area contributed by atoms with Crippen LogP contribution in [0.1, 0.15) is 18.1 Å². The fourth-order valence-electron chi connectivity index (χ4n) is 3.82. The topological polar surface area (TPSA) is 90.5 Å². The molecule has 3 aromatic carbocycles. The maximum atomic E-state index is 13.3. The number of benzene rings is 3. The third kappa shape index (κ3) is 4.01. The van der Waals surface area contributed by atoms with Crippen LogP contribution in [0.3, 0.4) is 0 Å². The normalized spacial score (nSPS) is 11.1. The van der Waals surface area contributed by atoms with E-state index in [1.165, 1.54) is 4.40 Å². The first-order valence-corrected chi connectivity index (χ1v) is 11.0. The van der Waals surface area contributed by atoms with Gasteiger partial charge in [0, 0.05) is 5.69 Å². The van der Waals surface area contributed by atoms with Crippen LogP contribution in [0.15, 0.2) is 77.6 Å². The first kappa shape index (κ1) is 21.4. The number of hydrogen-bond donors (Lipinski definition) is 1. The van der Waals surface area contributed by atoms with E-state index in [2.05, 4.69) is 15.4 Å². The van der Waals surface area contributed by atoms with E-state index < -0.39 is 5.69 Å². The zero-order valence-corrected chi connectivity index (χ0v) is 18.9. The second-order valence-electron chi connectivity index (χ2n) is 7.97. The van der Waals surface area contributed by atoms with Crippen molar-refractivity contribution in [2.24, 2.45) is 0 Å². The fourth-order valence-corrected chi connectivity index (χ4v) is 3.82. The van der Waals surface area contributed by atoms with Gasteiger partial charge in [-0.2, -0.15) is 0 Å². The second-order valence-corrected chi connectivity index (χ2v) is 7.97. The zero-order valence-electron chi connectivity index (χ0n) is 18.9. The third-order valence-corrected chi connectivity index (χ3v) is 5.59. The number of aromatic nitrogens is 4. The lowest BCUT2D eigenvalue weighted by molar-refractivity contribution is -0.117. The molecule has 0 aliphatic rings. The lowest BCUT2D eigenvalue weighted by atomic mass is 10.1. The highest BCUT2D eigenvalue weighted by molar-refractivity contribution is 5.90. The number of amides is 1. The Hall–Kier alpha value is -4.46. The fraction of sp³-hybridized carbons (Fsp3) is 0.154. The monoisotopic (exact) mass is 453 g/mol. The van der Waals surface area contributed by atoms with Crippen LogP contribution in [-0.4, -0.2) is 25.1 Å². The predicted molar refractivity (Wildman–Crippen MR) is 130 cm³/mol. The van der Waals surface area contributed by atoms with Gasteiger partial charge in [0.25, 0.3) is 5.88 Å². The molecule has 0 unspecified atom stereocenters. The quantitative estimate of drug-likeness (QED) is 0.413. The molecule has 0 radical (unpaired) electrons. The van der Waals surface area contributed by atoms with E-state index in [0.717, 1.165) is 22.2 Å². The van der Waals surface area contributed by atoms with Gasteiger partial charge in [0.05, 0.1) is 11.0 Å². The van der Waals surface area contributed by atoms with Crippen LogP contribution in [0.25, 0.3) is 16.7 Å². The second kappa shape index (κ2) is 8.82. The standard InChI is InChI=1S/C26H23N5O3/c1-3-18-10-8-11-19(15-18)27-23(32)16-30-26(33)31-21-13-6-5-12-20(21)28-25(24(31)29-30)34-22-14-7-4-9-17(22)2/h4-15H,3,16H2,1-2H3,(H,27,32). The maximum absolute atomic E-state index is 13.3. The van der Waals surface area contributed by atoms with E-state index in [1.54, 1.807) is 12.1 Å². The van der Waals surface area contributed by atoms with Crippen LogP contribution >= 0.6 is 0 Å². The van der Waals surface area contributed by atoms with Gasteiger partial charge in [-0.25, -0.2) is 18.9 Å². The minimum Gasteiger partial charge on any atom is -0.436 e. The number of para-hydroxylation sites is 3. The number of rotatable bonds is 6. The van der Waals surface area contributed by atoms with Crippen LogP contribution in [0.5, 0.6) is 11.6 Å². The number of carbonyl (C=O) groups is 1. The van der Waals surface area contributed by atoms with Crippen LogP contribution in [0.2, 0.25) is 0 Å². The van der Waals surface area contributed by atoms with Gasteiger partial charge in [-0.05, 0) is 54.8 Å². The highest BCUT2D eigenvalue weighted by Crippen LogP contribution is 2.28. The van der Waals surface area contributed by atoms with Crippen molar-refractivity contribution in [3.8, 4) is 11.6 Å². The van der Waals surface area contributed by atoms with E-state index in [0.29, 0.717) is 22.5 Å². The number of anilines is 1. The van der Waals surface area contributed by atoms with Gasteiger partial charge in [0.1, 0.15) is 12.3 Å². The molecule has 0 bridgehead atoms. The molecule has 8 heteroatoms. The molecule has 5 rings (SSSR count). The molecule has 5 aromatic rings. The molecule has 0 saturated heterocycles. The Labute approximate surface area is 195 Å². The Morgan fingerprint density at radius 2 is 1.82 bits per heavy atom. The summed E-state index contributed by atoms with van der Waals surface area (Å²) < 4.78 is 8.64. The van der Waals surface area contributed by atoms with E-state index in [-0.39, 0.29) is 24.0 Å². The molecular weight excluding hydrogens is 430 g/mol. The molecular formula is C26H23N5O3. The smallest absolute Gasteiger partial charge is 0.351 e. The molecule has 34 heavy (non-hydrogen) atoms. The lowest BCUT2D eigenvalue weighted by Crippen LogP contribution is -2.28. The number of hydrogen-bond acceptors (Lipinski definition) is 5. The first-order chi connectivity index (χ1) is 16.5. The Morgan fingerprint density at radius 3 is 2.65 bits per heavy atom. The van der Waals surface area contributed by atoms with Gasteiger partial charge in [-0.3, -0.25) is 4.79 Å². The highest BCUT2D eigenvalue weighted by atomic mass is 16.5. The molecule has 0 aliphatic heterocycles. The Morgan fingerprint density at radius 1 is 1.03 bits per heavy atom. The lowest BCUT2D eigenvalue weighted by Gasteiger charge is -2.09. The molecule has 0 saturated carbocycles. The van der Waals surface area contributed by atoms with Gasteiger partial charge in [0.2, 0.25) is 11.6 Å². The first-order valence-electron chi connectivity index (χ1n) is 11.0. The van der Waals surface area contributed by atoms with E-state index >= 15 is 0 Å². The van der Waals surface area contributed by atoms with Gasteiger partial charge >= 0.3 is 5.69 Å². The van der Waals surface area contributed by atoms with E-state index in [1.807, 2.05) is 74.5 Å². The SMILES string of the molecule is CCc1cccc(NC(=O)Cn2nc3c(Oc4ccccc4C)nc4ccccc4n3c2=O)c1. The summed E-state index contributed by atoms with van der Waals surface area (Å²) in [5, 5.41) is 7.26. The van der Waals surface area contributed by atoms with Crippen molar-refractivity contribution >= 4 is 28.3 Å². The molecule has 8 nitrogen and oxygen atoms in total. The predicted octanol–water partition coefficient (Wildman–Crippen LogP) is 4.35. The summed E-state index contributed by atoms with van der Waals surface area (Å²) in [6.45, 7) is 3.73. The summed E-state index contributed by atoms with van der Waals surface area (Å²) in [7, 11) is 0. The highest BCUT2D eigenvalue weighted by Gasteiger charge is 2.19. The van der Waals surface area contributed by atoms with Crippen molar-refractivity contribution in [2.75, 3.05) is 5.32 Å². The van der Waals surface area contributed by atoms with E-state index in [4.69, 9.17) is 4.74 Å². The van der Waals surface area contributed by atoms with Gasteiger partial charge in [-0.15, -0.1) is 5.10 Å². The number of fused-ring (bicyclic) bond motifs is 3. The Balaban J connectivity index is 1.55. The van der Waals surface area contributed by atoms with Gasteiger partial charge in [0.15, 0.2) is 0 Å². The average Bonchev–Trinajstić information content (AvgIpc) is 3.17. The summed E-state index contributed by atoms with van der Waals surface area (Å²) in [6, 6.07) is 22.4. The summed E-state index contributed by atoms with van der Waals surface area (Å²) in [4.78, 5) is 30.6. The number of aryl methyl sites for hydroxylation is 2. The Kier molecular flexibility index (Phi) is 5.55. The third-order valence-electron chi connectivity index (χ3n) is 5.59.